The molecular weight excluding hydrogens is 304 g/mol. The molecule has 1 amide bonds. The predicted molar refractivity (Wildman–Crippen MR) is 90.4 cm³/mol. The Morgan fingerprint density at radius 3 is 2.86 bits per heavy atom. The standard InChI is InChI=1S/C14H22N4OS2/c1-2-10-9-18(7-8-20-10)13(19)11-12(15)16-14(21-11)17-5-3-4-6-17/h10H,2-9,15H2,1H3. The number of nitrogens with zero attached hydrogens (tertiary/aromatic N) is 3. The monoisotopic (exact) mass is 326 g/mol. The van der Waals surface area contributed by atoms with E-state index < -0.39 is 0 Å². The van der Waals surface area contributed by atoms with Gasteiger partial charge in [-0.25, -0.2) is 4.98 Å². The van der Waals surface area contributed by atoms with E-state index in [0.29, 0.717) is 15.9 Å². The molecule has 116 valence electrons. The van der Waals surface area contributed by atoms with E-state index in [4.69, 9.17) is 5.73 Å². The zero-order valence-electron chi connectivity index (χ0n) is 12.4. The van der Waals surface area contributed by atoms with Crippen molar-refractivity contribution in [3.63, 3.8) is 0 Å². The van der Waals surface area contributed by atoms with Gasteiger partial charge in [-0.1, -0.05) is 18.3 Å². The van der Waals surface area contributed by atoms with Crippen LogP contribution in [0.5, 0.6) is 0 Å². The lowest BCUT2D eigenvalue weighted by Crippen LogP contribution is -2.41. The molecule has 21 heavy (non-hydrogen) atoms. The quantitative estimate of drug-likeness (QED) is 0.923. The van der Waals surface area contributed by atoms with Gasteiger partial charge in [0, 0.05) is 37.2 Å². The number of nitrogen functional groups attached to an aromatic ring is 1. The highest BCUT2D eigenvalue weighted by molar-refractivity contribution is 8.00. The minimum absolute atomic E-state index is 0.0641. The van der Waals surface area contributed by atoms with Crippen molar-refractivity contribution >= 4 is 40.0 Å². The van der Waals surface area contributed by atoms with Crippen LogP contribution in [-0.2, 0) is 0 Å². The molecule has 1 aromatic rings. The van der Waals surface area contributed by atoms with Gasteiger partial charge in [-0.2, -0.15) is 11.8 Å². The highest BCUT2D eigenvalue weighted by Gasteiger charge is 2.28. The summed E-state index contributed by atoms with van der Waals surface area (Å²) in [4.78, 5) is 21.9. The van der Waals surface area contributed by atoms with E-state index in [1.165, 1.54) is 24.2 Å². The SMILES string of the molecule is CCC1CN(C(=O)c2sc(N3CCCC3)nc2N)CCS1. The first-order valence-corrected chi connectivity index (χ1v) is 9.47. The number of thioether (sulfide) groups is 1. The molecule has 2 aliphatic heterocycles. The Morgan fingerprint density at radius 2 is 2.14 bits per heavy atom. The van der Waals surface area contributed by atoms with Crippen molar-refractivity contribution in [3.8, 4) is 0 Å². The summed E-state index contributed by atoms with van der Waals surface area (Å²) in [5, 5.41) is 1.46. The molecule has 2 N–H and O–H groups in total. The van der Waals surface area contributed by atoms with Crippen LogP contribution < -0.4 is 10.6 Å². The number of hydrogen-bond acceptors (Lipinski definition) is 6. The Bertz CT molecular complexity index is 513. The zero-order chi connectivity index (χ0) is 14.8. The van der Waals surface area contributed by atoms with Crippen LogP contribution in [0.2, 0.25) is 0 Å². The Kier molecular flexibility index (Phi) is 4.59. The van der Waals surface area contributed by atoms with Crippen LogP contribution in [0.25, 0.3) is 0 Å². The lowest BCUT2D eigenvalue weighted by Gasteiger charge is -2.31. The maximum atomic E-state index is 12.7. The van der Waals surface area contributed by atoms with Crippen LogP contribution in [0.3, 0.4) is 0 Å². The van der Waals surface area contributed by atoms with Gasteiger partial charge in [0.25, 0.3) is 5.91 Å². The molecule has 1 unspecified atom stereocenters. The molecule has 0 saturated carbocycles. The van der Waals surface area contributed by atoms with Crippen LogP contribution in [0.4, 0.5) is 10.9 Å². The van der Waals surface area contributed by atoms with Crippen molar-refractivity contribution in [2.24, 2.45) is 0 Å². The zero-order valence-corrected chi connectivity index (χ0v) is 14.0. The lowest BCUT2D eigenvalue weighted by molar-refractivity contribution is 0.0766. The summed E-state index contributed by atoms with van der Waals surface area (Å²) in [6, 6.07) is 0. The van der Waals surface area contributed by atoms with Crippen molar-refractivity contribution in [1.29, 1.82) is 0 Å². The lowest BCUT2D eigenvalue weighted by atomic mass is 10.3. The van der Waals surface area contributed by atoms with Crippen LogP contribution in [0.15, 0.2) is 0 Å². The minimum Gasteiger partial charge on any atom is -0.382 e. The second kappa shape index (κ2) is 6.44. The maximum Gasteiger partial charge on any atom is 0.267 e. The Hall–Kier alpha value is -0.950. The maximum absolute atomic E-state index is 12.7. The van der Waals surface area contributed by atoms with Crippen molar-refractivity contribution < 1.29 is 4.79 Å². The number of aromatic nitrogens is 1. The van der Waals surface area contributed by atoms with Crippen LogP contribution in [0, 0.1) is 0 Å². The van der Waals surface area contributed by atoms with Crippen molar-refractivity contribution in [1.82, 2.24) is 9.88 Å². The summed E-state index contributed by atoms with van der Waals surface area (Å²) in [6.45, 7) is 5.88. The summed E-state index contributed by atoms with van der Waals surface area (Å²) in [5.41, 5.74) is 6.00. The van der Waals surface area contributed by atoms with E-state index in [9.17, 15) is 4.79 Å². The van der Waals surface area contributed by atoms with Crippen molar-refractivity contribution in [2.75, 3.05) is 42.6 Å². The first-order valence-electron chi connectivity index (χ1n) is 7.61. The second-order valence-corrected chi connectivity index (χ2v) is 7.94. The van der Waals surface area contributed by atoms with Crippen molar-refractivity contribution in [2.45, 2.75) is 31.4 Å². The molecule has 0 radical (unpaired) electrons. The Labute approximate surface area is 133 Å². The third kappa shape index (κ3) is 3.13. The topological polar surface area (TPSA) is 62.5 Å². The number of hydrogen-bond donors (Lipinski definition) is 1. The highest BCUT2D eigenvalue weighted by Crippen LogP contribution is 2.32. The van der Waals surface area contributed by atoms with E-state index >= 15 is 0 Å². The second-order valence-electron chi connectivity index (χ2n) is 5.56. The van der Waals surface area contributed by atoms with Gasteiger partial charge in [-0.3, -0.25) is 4.79 Å². The number of anilines is 2. The molecule has 2 aliphatic rings. The average Bonchev–Trinajstić information content (AvgIpc) is 3.16. The third-order valence-electron chi connectivity index (χ3n) is 4.09. The van der Waals surface area contributed by atoms with Crippen LogP contribution in [-0.4, -0.2) is 53.0 Å². The molecule has 7 heteroatoms. The molecule has 1 atom stereocenters. The van der Waals surface area contributed by atoms with E-state index in [0.717, 1.165) is 43.5 Å². The van der Waals surface area contributed by atoms with Crippen molar-refractivity contribution in [3.05, 3.63) is 4.88 Å². The van der Waals surface area contributed by atoms with E-state index in [-0.39, 0.29) is 5.91 Å². The van der Waals surface area contributed by atoms with Gasteiger partial charge in [-0.05, 0) is 19.3 Å². The molecule has 2 fully saturated rings. The molecule has 3 rings (SSSR count). The predicted octanol–water partition coefficient (Wildman–Crippen LogP) is 2.29. The first kappa shape index (κ1) is 15.0. The molecule has 0 bridgehead atoms. The summed E-state index contributed by atoms with van der Waals surface area (Å²) >= 11 is 3.42. The van der Waals surface area contributed by atoms with Gasteiger partial charge in [-0.15, -0.1) is 0 Å². The number of nitrogens with two attached hydrogens (primary N) is 1. The van der Waals surface area contributed by atoms with Gasteiger partial charge in [0.2, 0.25) is 0 Å². The fraction of sp³-hybridized carbons (Fsp3) is 0.714. The number of amides is 1. The van der Waals surface area contributed by atoms with Crippen LogP contribution in [0.1, 0.15) is 35.9 Å². The molecule has 2 saturated heterocycles. The summed E-state index contributed by atoms with van der Waals surface area (Å²) in [5.74, 6) is 1.48. The van der Waals surface area contributed by atoms with E-state index in [1.807, 2.05) is 16.7 Å². The Balaban J connectivity index is 1.74. The first-order chi connectivity index (χ1) is 10.2. The third-order valence-corrected chi connectivity index (χ3v) is 6.59. The molecule has 3 heterocycles. The molecule has 0 spiro atoms. The van der Waals surface area contributed by atoms with E-state index in [1.54, 1.807) is 0 Å². The number of carbonyl (C=O) groups excluding carboxylic acids is 1. The van der Waals surface area contributed by atoms with Gasteiger partial charge < -0.3 is 15.5 Å². The molecule has 0 aliphatic carbocycles. The number of rotatable bonds is 3. The minimum atomic E-state index is 0.0641. The fourth-order valence-electron chi connectivity index (χ4n) is 2.81. The normalized spacial score (nSPS) is 22.8. The van der Waals surface area contributed by atoms with Gasteiger partial charge in [0.15, 0.2) is 5.13 Å². The summed E-state index contributed by atoms with van der Waals surface area (Å²) in [6.07, 6.45) is 3.50. The molecular formula is C14H22N4OS2. The van der Waals surface area contributed by atoms with E-state index in [2.05, 4.69) is 16.8 Å². The number of carbonyl (C=O) groups is 1. The summed E-state index contributed by atoms with van der Waals surface area (Å²) in [7, 11) is 0. The highest BCUT2D eigenvalue weighted by atomic mass is 32.2. The molecule has 1 aromatic heterocycles. The smallest absolute Gasteiger partial charge is 0.267 e. The van der Waals surface area contributed by atoms with Crippen LogP contribution >= 0.6 is 23.1 Å². The largest absolute Gasteiger partial charge is 0.382 e. The number of thiazole rings is 1. The summed E-state index contributed by atoms with van der Waals surface area (Å²) < 4.78 is 0. The Morgan fingerprint density at radius 1 is 1.38 bits per heavy atom. The molecule has 5 nitrogen and oxygen atoms in total. The average molecular weight is 326 g/mol. The van der Waals surface area contributed by atoms with Gasteiger partial charge in [0.1, 0.15) is 10.7 Å². The van der Waals surface area contributed by atoms with Gasteiger partial charge >= 0.3 is 0 Å². The fourth-order valence-corrected chi connectivity index (χ4v) is 5.00. The molecule has 0 aromatic carbocycles. The van der Waals surface area contributed by atoms with Gasteiger partial charge in [0.05, 0.1) is 0 Å².